The Morgan fingerprint density at radius 2 is 2.38 bits per heavy atom. The zero-order valence-electron chi connectivity index (χ0n) is 7.75. The highest BCUT2D eigenvalue weighted by molar-refractivity contribution is 7.80. The van der Waals surface area contributed by atoms with Crippen molar-refractivity contribution in [2.24, 2.45) is 5.92 Å². The van der Waals surface area contributed by atoms with Gasteiger partial charge in [-0.05, 0) is 43.8 Å². The molecule has 0 amide bonds. The average Bonchev–Trinajstić information content (AvgIpc) is 2.53. The summed E-state index contributed by atoms with van der Waals surface area (Å²) in [5.74, 6) is 0.866. The van der Waals surface area contributed by atoms with Gasteiger partial charge in [0.15, 0.2) is 5.11 Å². The highest BCUT2D eigenvalue weighted by atomic mass is 32.1. The van der Waals surface area contributed by atoms with Crippen LogP contribution in [0.5, 0.6) is 0 Å². The van der Waals surface area contributed by atoms with E-state index in [1.54, 1.807) is 0 Å². The molecule has 1 aliphatic heterocycles. The van der Waals surface area contributed by atoms with Crippen molar-refractivity contribution in [2.75, 3.05) is 6.54 Å². The lowest BCUT2D eigenvalue weighted by molar-refractivity contribution is 0.398. The van der Waals surface area contributed by atoms with Crippen molar-refractivity contribution in [1.82, 2.24) is 10.6 Å². The number of allylic oxidation sites excluding steroid dienone is 2. The number of nitrogens with one attached hydrogen (secondary N) is 2. The molecule has 2 atom stereocenters. The molecular formula is C10H16N2S. The normalized spacial score (nSPS) is 32.8. The topological polar surface area (TPSA) is 24.1 Å². The molecule has 0 bridgehead atoms. The van der Waals surface area contributed by atoms with Crippen molar-refractivity contribution in [1.29, 1.82) is 0 Å². The standard InChI is InChI=1S/C10H16N2S/c13-10-11-7-9(12-10)6-8-4-2-1-3-5-8/h1-2,8-9H,3-7H2,(H2,11,12,13). The minimum atomic E-state index is 0.573. The molecule has 0 spiro atoms. The van der Waals surface area contributed by atoms with Crippen molar-refractivity contribution in [3.63, 3.8) is 0 Å². The van der Waals surface area contributed by atoms with Crippen LogP contribution in [0.1, 0.15) is 25.7 Å². The molecule has 3 heteroatoms. The van der Waals surface area contributed by atoms with Crippen molar-refractivity contribution < 1.29 is 0 Å². The molecule has 72 valence electrons. The molecule has 2 aliphatic rings. The van der Waals surface area contributed by atoms with Crippen molar-refractivity contribution in [3.8, 4) is 0 Å². The van der Waals surface area contributed by atoms with Gasteiger partial charge in [0.2, 0.25) is 0 Å². The fourth-order valence-electron chi connectivity index (χ4n) is 2.12. The van der Waals surface area contributed by atoms with Gasteiger partial charge in [0.25, 0.3) is 0 Å². The van der Waals surface area contributed by atoms with Gasteiger partial charge in [-0.15, -0.1) is 0 Å². The first-order valence-corrected chi connectivity index (χ1v) is 5.45. The molecule has 0 aromatic heterocycles. The quantitative estimate of drug-likeness (QED) is 0.518. The van der Waals surface area contributed by atoms with E-state index < -0.39 is 0 Å². The summed E-state index contributed by atoms with van der Waals surface area (Å²) in [6.07, 6.45) is 9.73. The minimum Gasteiger partial charge on any atom is -0.361 e. The minimum absolute atomic E-state index is 0.573. The second-order valence-corrected chi connectivity index (χ2v) is 4.35. The van der Waals surface area contributed by atoms with E-state index in [2.05, 4.69) is 22.8 Å². The smallest absolute Gasteiger partial charge is 0.166 e. The molecule has 0 aromatic carbocycles. The average molecular weight is 196 g/mol. The Morgan fingerprint density at radius 3 is 3.00 bits per heavy atom. The second-order valence-electron chi connectivity index (χ2n) is 3.94. The van der Waals surface area contributed by atoms with Crippen LogP contribution < -0.4 is 10.6 Å². The largest absolute Gasteiger partial charge is 0.361 e. The predicted octanol–water partition coefficient (Wildman–Crippen LogP) is 1.58. The molecule has 1 aliphatic carbocycles. The molecular weight excluding hydrogens is 180 g/mol. The van der Waals surface area contributed by atoms with Gasteiger partial charge < -0.3 is 10.6 Å². The zero-order valence-corrected chi connectivity index (χ0v) is 8.57. The lowest BCUT2D eigenvalue weighted by Crippen LogP contribution is -2.28. The SMILES string of the molecule is S=C1NCC(CC2CC=CCC2)N1. The van der Waals surface area contributed by atoms with Crippen molar-refractivity contribution in [2.45, 2.75) is 31.7 Å². The predicted molar refractivity (Wildman–Crippen MR) is 58.6 cm³/mol. The van der Waals surface area contributed by atoms with E-state index in [1.165, 1.54) is 25.7 Å². The van der Waals surface area contributed by atoms with E-state index in [4.69, 9.17) is 12.2 Å². The fourth-order valence-corrected chi connectivity index (χ4v) is 2.37. The summed E-state index contributed by atoms with van der Waals surface area (Å²) in [5, 5.41) is 7.29. The number of thiocarbonyl (C=S) groups is 1. The molecule has 1 saturated heterocycles. The molecule has 0 aromatic rings. The number of hydrogen-bond acceptors (Lipinski definition) is 1. The summed E-state index contributed by atoms with van der Waals surface area (Å²) in [5.41, 5.74) is 0. The van der Waals surface area contributed by atoms with Crippen molar-refractivity contribution in [3.05, 3.63) is 12.2 Å². The molecule has 2 unspecified atom stereocenters. The zero-order chi connectivity index (χ0) is 9.10. The van der Waals surface area contributed by atoms with Crippen molar-refractivity contribution >= 4 is 17.3 Å². The lowest BCUT2D eigenvalue weighted by atomic mass is 9.89. The van der Waals surface area contributed by atoms with Crippen LogP contribution in [-0.2, 0) is 0 Å². The molecule has 1 fully saturated rings. The van der Waals surface area contributed by atoms with Gasteiger partial charge in [0.1, 0.15) is 0 Å². The molecule has 1 heterocycles. The first-order valence-electron chi connectivity index (χ1n) is 5.04. The van der Waals surface area contributed by atoms with Crippen LogP contribution in [0.3, 0.4) is 0 Å². The second kappa shape index (κ2) is 4.09. The summed E-state index contributed by atoms with van der Waals surface area (Å²) in [7, 11) is 0. The van der Waals surface area contributed by atoms with E-state index in [-0.39, 0.29) is 0 Å². The van der Waals surface area contributed by atoms with E-state index in [9.17, 15) is 0 Å². The van der Waals surface area contributed by atoms with Crippen LogP contribution in [-0.4, -0.2) is 17.7 Å². The van der Waals surface area contributed by atoms with Gasteiger partial charge in [-0.2, -0.15) is 0 Å². The van der Waals surface area contributed by atoms with Crippen LogP contribution in [0, 0.1) is 5.92 Å². The third kappa shape index (κ3) is 2.44. The molecule has 2 nitrogen and oxygen atoms in total. The maximum absolute atomic E-state index is 5.03. The molecule has 0 radical (unpaired) electrons. The Balaban J connectivity index is 1.77. The number of hydrogen-bond donors (Lipinski definition) is 2. The summed E-state index contributed by atoms with van der Waals surface area (Å²) in [6, 6.07) is 0.573. The van der Waals surface area contributed by atoms with E-state index in [1.807, 2.05) is 0 Å². The van der Waals surface area contributed by atoms with E-state index in [0.717, 1.165) is 17.6 Å². The van der Waals surface area contributed by atoms with Crippen LogP contribution in [0.15, 0.2) is 12.2 Å². The van der Waals surface area contributed by atoms with Crippen LogP contribution >= 0.6 is 12.2 Å². The van der Waals surface area contributed by atoms with Gasteiger partial charge >= 0.3 is 0 Å². The summed E-state index contributed by atoms with van der Waals surface area (Å²) in [6.45, 7) is 1.01. The monoisotopic (exact) mass is 196 g/mol. The molecule has 0 saturated carbocycles. The molecule has 2 rings (SSSR count). The maximum Gasteiger partial charge on any atom is 0.166 e. The fraction of sp³-hybridized carbons (Fsp3) is 0.700. The van der Waals surface area contributed by atoms with Crippen LogP contribution in [0.2, 0.25) is 0 Å². The Morgan fingerprint density at radius 1 is 1.46 bits per heavy atom. The Labute approximate surface area is 84.8 Å². The highest BCUT2D eigenvalue weighted by Crippen LogP contribution is 2.23. The first-order chi connectivity index (χ1) is 6.34. The summed E-state index contributed by atoms with van der Waals surface area (Å²) < 4.78 is 0. The molecule has 2 N–H and O–H groups in total. The Kier molecular flexibility index (Phi) is 2.83. The van der Waals surface area contributed by atoms with Gasteiger partial charge in [-0.3, -0.25) is 0 Å². The molecule has 13 heavy (non-hydrogen) atoms. The van der Waals surface area contributed by atoms with E-state index in [0.29, 0.717) is 6.04 Å². The van der Waals surface area contributed by atoms with Crippen LogP contribution in [0.4, 0.5) is 0 Å². The number of rotatable bonds is 2. The first kappa shape index (κ1) is 9.00. The Bertz CT molecular complexity index is 223. The highest BCUT2D eigenvalue weighted by Gasteiger charge is 2.21. The summed E-state index contributed by atoms with van der Waals surface area (Å²) >= 11 is 5.03. The van der Waals surface area contributed by atoms with Gasteiger partial charge in [0, 0.05) is 12.6 Å². The third-order valence-corrected chi connectivity index (χ3v) is 3.10. The van der Waals surface area contributed by atoms with Gasteiger partial charge in [-0.25, -0.2) is 0 Å². The van der Waals surface area contributed by atoms with Crippen LogP contribution in [0.25, 0.3) is 0 Å². The lowest BCUT2D eigenvalue weighted by Gasteiger charge is -2.20. The maximum atomic E-state index is 5.03. The van der Waals surface area contributed by atoms with E-state index >= 15 is 0 Å². The third-order valence-electron chi connectivity index (χ3n) is 2.84. The summed E-state index contributed by atoms with van der Waals surface area (Å²) in [4.78, 5) is 0. The van der Waals surface area contributed by atoms with Gasteiger partial charge in [0.05, 0.1) is 0 Å². The Hall–Kier alpha value is -0.570. The van der Waals surface area contributed by atoms with Gasteiger partial charge in [-0.1, -0.05) is 12.2 Å².